The minimum absolute atomic E-state index is 0.0171. The molecule has 22 heavy (non-hydrogen) atoms. The van der Waals surface area contributed by atoms with Gasteiger partial charge in [0.05, 0.1) is 31.0 Å². The first kappa shape index (κ1) is 15.1. The van der Waals surface area contributed by atoms with Crippen LogP contribution in [-0.4, -0.2) is 51.7 Å². The van der Waals surface area contributed by atoms with Crippen molar-refractivity contribution in [2.45, 2.75) is 44.9 Å². The first-order valence-corrected chi connectivity index (χ1v) is 7.63. The summed E-state index contributed by atoms with van der Waals surface area (Å²) < 4.78 is 13.0. The molecule has 1 saturated heterocycles. The van der Waals surface area contributed by atoms with Crippen molar-refractivity contribution in [2.75, 3.05) is 13.2 Å². The molecule has 2 unspecified atom stereocenters. The van der Waals surface area contributed by atoms with Gasteiger partial charge in [0.2, 0.25) is 0 Å². The molecule has 0 saturated carbocycles. The van der Waals surface area contributed by atoms with Gasteiger partial charge in [0.25, 0.3) is 0 Å². The van der Waals surface area contributed by atoms with Gasteiger partial charge in [-0.05, 0) is 38.8 Å². The van der Waals surface area contributed by atoms with Crippen molar-refractivity contribution < 1.29 is 14.3 Å². The minimum atomic E-state index is -0.488. The number of morpholine rings is 1. The van der Waals surface area contributed by atoms with E-state index in [1.54, 1.807) is 6.20 Å². The van der Waals surface area contributed by atoms with Crippen molar-refractivity contribution in [3.05, 3.63) is 24.0 Å². The fraction of sp³-hybridized carbons (Fsp3) is 0.625. The third-order valence-electron chi connectivity index (χ3n) is 3.95. The first-order valence-electron chi connectivity index (χ1n) is 7.63. The molecule has 0 N–H and O–H groups in total. The molecular weight excluding hydrogens is 282 g/mol. The highest BCUT2D eigenvalue weighted by atomic mass is 16.6. The second kappa shape index (κ2) is 5.43. The van der Waals surface area contributed by atoms with Crippen LogP contribution >= 0.6 is 0 Å². The number of hydrogen-bond donors (Lipinski definition) is 0. The number of aromatic nitrogens is 2. The minimum Gasteiger partial charge on any atom is -0.444 e. The number of carbonyl (C=O) groups is 1. The van der Waals surface area contributed by atoms with Crippen molar-refractivity contribution in [3.8, 4) is 0 Å². The highest BCUT2D eigenvalue weighted by Crippen LogP contribution is 2.33. The second-order valence-electron chi connectivity index (χ2n) is 6.88. The fourth-order valence-corrected chi connectivity index (χ4v) is 3.07. The van der Waals surface area contributed by atoms with Gasteiger partial charge in [-0.3, -0.25) is 9.58 Å². The molecule has 3 heterocycles. The topological polar surface area (TPSA) is 56.6 Å². The summed E-state index contributed by atoms with van der Waals surface area (Å²) in [5.41, 5.74) is 1.83. The summed E-state index contributed by atoms with van der Waals surface area (Å²) in [4.78, 5) is 14.3. The number of ether oxygens (including phenoxy) is 2. The second-order valence-corrected chi connectivity index (χ2v) is 6.88. The van der Waals surface area contributed by atoms with Gasteiger partial charge in [0, 0.05) is 13.2 Å². The third-order valence-corrected chi connectivity index (χ3v) is 3.95. The van der Waals surface area contributed by atoms with Crippen LogP contribution in [0.5, 0.6) is 0 Å². The molecule has 2 aliphatic rings. The first-order chi connectivity index (χ1) is 10.3. The molecule has 0 radical (unpaired) electrons. The lowest BCUT2D eigenvalue weighted by atomic mass is 9.92. The van der Waals surface area contributed by atoms with E-state index in [1.807, 2.05) is 43.5 Å². The molecule has 1 aromatic rings. The highest BCUT2D eigenvalue weighted by molar-refractivity contribution is 5.74. The Morgan fingerprint density at radius 1 is 1.41 bits per heavy atom. The SMILES string of the molecule is Cn1nccc1C1=CC2COCC(C1)N2C(=O)OC(C)(C)C. The Bertz CT molecular complexity index is 600. The van der Waals surface area contributed by atoms with Crippen LogP contribution in [0.3, 0.4) is 0 Å². The van der Waals surface area contributed by atoms with Gasteiger partial charge in [0.15, 0.2) is 0 Å². The maximum Gasteiger partial charge on any atom is 0.411 e. The van der Waals surface area contributed by atoms with Crippen LogP contribution < -0.4 is 0 Å². The lowest BCUT2D eigenvalue weighted by molar-refractivity contribution is -0.0511. The van der Waals surface area contributed by atoms with E-state index in [1.165, 1.54) is 5.57 Å². The summed E-state index contributed by atoms with van der Waals surface area (Å²) in [6.07, 6.45) is 4.40. The van der Waals surface area contributed by atoms with Gasteiger partial charge in [0.1, 0.15) is 5.60 Å². The van der Waals surface area contributed by atoms with E-state index < -0.39 is 5.60 Å². The van der Waals surface area contributed by atoms with Crippen LogP contribution in [0.1, 0.15) is 32.9 Å². The third kappa shape index (κ3) is 2.88. The molecule has 2 aliphatic heterocycles. The van der Waals surface area contributed by atoms with Crippen molar-refractivity contribution in [3.63, 3.8) is 0 Å². The number of fused-ring (bicyclic) bond motifs is 2. The molecule has 6 nitrogen and oxygen atoms in total. The predicted octanol–water partition coefficient (Wildman–Crippen LogP) is 2.21. The van der Waals surface area contributed by atoms with Crippen LogP contribution in [0.15, 0.2) is 18.3 Å². The number of hydrogen-bond acceptors (Lipinski definition) is 4. The van der Waals surface area contributed by atoms with Gasteiger partial charge in [-0.2, -0.15) is 5.10 Å². The summed E-state index contributed by atoms with van der Waals surface area (Å²) in [7, 11) is 1.93. The van der Waals surface area contributed by atoms with Crippen LogP contribution in [-0.2, 0) is 16.5 Å². The maximum absolute atomic E-state index is 12.5. The Morgan fingerprint density at radius 2 is 2.18 bits per heavy atom. The molecule has 6 heteroatoms. The lowest BCUT2D eigenvalue weighted by Gasteiger charge is -2.44. The number of carbonyl (C=O) groups excluding carboxylic acids is 1. The van der Waals surface area contributed by atoms with Crippen molar-refractivity contribution in [1.29, 1.82) is 0 Å². The zero-order valence-corrected chi connectivity index (χ0v) is 13.6. The normalized spacial score (nSPS) is 24.9. The predicted molar refractivity (Wildman–Crippen MR) is 82.3 cm³/mol. The summed E-state index contributed by atoms with van der Waals surface area (Å²) in [5, 5.41) is 4.23. The van der Waals surface area contributed by atoms with Crippen molar-refractivity contribution in [1.82, 2.24) is 14.7 Å². The monoisotopic (exact) mass is 305 g/mol. The van der Waals surface area contributed by atoms with Crippen LogP contribution in [0.2, 0.25) is 0 Å². The average molecular weight is 305 g/mol. The molecule has 2 bridgehead atoms. The zero-order valence-electron chi connectivity index (χ0n) is 13.6. The standard InChI is InChI=1S/C16H23N3O3/c1-16(2,3)22-15(20)19-12-7-11(8-13(19)10-21-9-12)14-5-6-17-18(14)4/h5-7,12-13H,8-10H2,1-4H3. The Hall–Kier alpha value is -1.82. The molecule has 0 spiro atoms. The Labute approximate surface area is 130 Å². The fourth-order valence-electron chi connectivity index (χ4n) is 3.07. The lowest BCUT2D eigenvalue weighted by Crippen LogP contribution is -2.57. The van der Waals surface area contributed by atoms with E-state index >= 15 is 0 Å². The summed E-state index contributed by atoms with van der Waals surface area (Å²) in [5.74, 6) is 0. The number of rotatable bonds is 1. The molecule has 1 fully saturated rings. The molecule has 0 aliphatic carbocycles. The van der Waals surface area contributed by atoms with E-state index in [4.69, 9.17) is 9.47 Å². The summed E-state index contributed by atoms with van der Waals surface area (Å²) >= 11 is 0. The van der Waals surface area contributed by atoms with E-state index in [2.05, 4.69) is 11.2 Å². The molecule has 0 aromatic carbocycles. The molecule has 2 atom stereocenters. The maximum atomic E-state index is 12.5. The number of aryl methyl sites for hydroxylation is 1. The summed E-state index contributed by atoms with van der Waals surface area (Å²) in [6, 6.07) is 1.95. The van der Waals surface area contributed by atoms with E-state index in [0.717, 1.165) is 12.1 Å². The van der Waals surface area contributed by atoms with Gasteiger partial charge in [-0.25, -0.2) is 4.79 Å². The summed E-state index contributed by atoms with van der Waals surface area (Å²) in [6.45, 7) is 6.72. The van der Waals surface area contributed by atoms with Crippen LogP contribution in [0.4, 0.5) is 4.79 Å². The quantitative estimate of drug-likeness (QED) is 0.798. The van der Waals surface area contributed by atoms with E-state index in [-0.39, 0.29) is 18.2 Å². The highest BCUT2D eigenvalue weighted by Gasteiger charge is 2.40. The smallest absolute Gasteiger partial charge is 0.411 e. The van der Waals surface area contributed by atoms with Crippen LogP contribution in [0, 0.1) is 0 Å². The van der Waals surface area contributed by atoms with Gasteiger partial charge in [-0.1, -0.05) is 6.08 Å². The largest absolute Gasteiger partial charge is 0.444 e. The number of nitrogens with zero attached hydrogens (tertiary/aromatic N) is 3. The van der Waals surface area contributed by atoms with E-state index in [0.29, 0.717) is 13.2 Å². The number of amides is 1. The molecular formula is C16H23N3O3. The average Bonchev–Trinajstić information content (AvgIpc) is 2.81. The van der Waals surface area contributed by atoms with Gasteiger partial charge in [-0.15, -0.1) is 0 Å². The Kier molecular flexibility index (Phi) is 3.72. The van der Waals surface area contributed by atoms with Crippen molar-refractivity contribution >= 4 is 11.7 Å². The molecule has 1 aromatic heterocycles. The Balaban J connectivity index is 1.86. The zero-order chi connectivity index (χ0) is 15.9. The van der Waals surface area contributed by atoms with Crippen molar-refractivity contribution in [2.24, 2.45) is 7.05 Å². The van der Waals surface area contributed by atoms with Gasteiger partial charge >= 0.3 is 6.09 Å². The van der Waals surface area contributed by atoms with Crippen LogP contribution in [0.25, 0.3) is 5.57 Å². The molecule has 3 rings (SSSR count). The van der Waals surface area contributed by atoms with Gasteiger partial charge < -0.3 is 9.47 Å². The Morgan fingerprint density at radius 3 is 2.77 bits per heavy atom. The molecule has 1 amide bonds. The molecule has 120 valence electrons. The van der Waals surface area contributed by atoms with E-state index in [9.17, 15) is 4.79 Å².